The van der Waals surface area contributed by atoms with Crippen LogP contribution in [0.4, 0.5) is 0 Å². The minimum absolute atomic E-state index is 0.195. The maximum atomic E-state index is 11.5. The van der Waals surface area contributed by atoms with E-state index in [1.165, 1.54) is 29.4 Å². The molecule has 0 atom stereocenters. The van der Waals surface area contributed by atoms with Crippen molar-refractivity contribution >= 4 is 23.7 Å². The van der Waals surface area contributed by atoms with Gasteiger partial charge in [-0.15, -0.1) is 0 Å². The molecule has 0 aromatic heterocycles. The van der Waals surface area contributed by atoms with Gasteiger partial charge in [0.05, 0.1) is 12.7 Å². The molecule has 25 heavy (non-hydrogen) atoms. The van der Waals surface area contributed by atoms with Gasteiger partial charge in [-0.25, -0.2) is 4.79 Å². The molecule has 3 rings (SSSR count). The number of fused-ring (bicyclic) bond motifs is 1. The molecule has 0 radical (unpaired) electrons. The molecule has 0 fully saturated rings. The second-order valence-corrected chi connectivity index (χ2v) is 7.23. The lowest BCUT2D eigenvalue weighted by molar-refractivity contribution is 0.0600. The summed E-state index contributed by atoms with van der Waals surface area (Å²) in [6, 6.07) is 14.1. The molecule has 0 bridgehead atoms. The average Bonchev–Trinajstić information content (AvgIpc) is 2.63. The van der Waals surface area contributed by atoms with E-state index in [-0.39, 0.29) is 11.4 Å². The van der Waals surface area contributed by atoms with Crippen molar-refractivity contribution in [3.63, 3.8) is 0 Å². The molecule has 2 heteroatoms. The Morgan fingerprint density at radius 1 is 1.04 bits per heavy atom. The highest BCUT2D eigenvalue weighted by atomic mass is 16.5. The molecule has 0 N–H and O–H groups in total. The first-order valence-corrected chi connectivity index (χ1v) is 8.59. The smallest absolute Gasteiger partial charge is 0.337 e. The topological polar surface area (TPSA) is 26.3 Å². The van der Waals surface area contributed by atoms with Gasteiger partial charge in [-0.3, -0.25) is 0 Å². The fourth-order valence-electron chi connectivity index (χ4n) is 3.25. The van der Waals surface area contributed by atoms with Gasteiger partial charge in [0.25, 0.3) is 0 Å². The molecule has 0 amide bonds. The van der Waals surface area contributed by atoms with Crippen LogP contribution in [0.1, 0.15) is 59.8 Å². The van der Waals surface area contributed by atoms with Gasteiger partial charge in [0.15, 0.2) is 0 Å². The molecule has 0 unspecified atom stereocenters. The minimum atomic E-state index is -0.310. The van der Waals surface area contributed by atoms with Crippen molar-refractivity contribution in [1.82, 2.24) is 0 Å². The standard InChI is InChI=1S/C23H24O2/c1-16-13-14-23(2,3)21-12-9-18(15-20(16)21)6-5-17-7-10-19(11-8-17)22(24)25-4/h5-13,15H,14H2,1-4H3/b6-5+. The lowest BCUT2D eigenvalue weighted by Gasteiger charge is -2.31. The normalized spacial score (nSPS) is 15.6. The summed E-state index contributed by atoms with van der Waals surface area (Å²) in [6.45, 7) is 6.79. The van der Waals surface area contributed by atoms with E-state index >= 15 is 0 Å². The summed E-state index contributed by atoms with van der Waals surface area (Å²) >= 11 is 0. The maximum Gasteiger partial charge on any atom is 0.337 e. The van der Waals surface area contributed by atoms with Crippen molar-refractivity contribution < 1.29 is 9.53 Å². The maximum absolute atomic E-state index is 11.5. The van der Waals surface area contributed by atoms with Gasteiger partial charge in [0.1, 0.15) is 0 Å². The number of hydrogen-bond donors (Lipinski definition) is 0. The van der Waals surface area contributed by atoms with Crippen molar-refractivity contribution in [3.8, 4) is 0 Å². The minimum Gasteiger partial charge on any atom is -0.465 e. The van der Waals surface area contributed by atoms with Gasteiger partial charge >= 0.3 is 5.97 Å². The Morgan fingerprint density at radius 3 is 2.36 bits per heavy atom. The number of benzene rings is 2. The summed E-state index contributed by atoms with van der Waals surface area (Å²) in [4.78, 5) is 11.5. The SMILES string of the molecule is COC(=O)c1ccc(/C=C/c2ccc3c(c2)C(C)=CCC3(C)C)cc1. The van der Waals surface area contributed by atoms with Crippen LogP contribution in [-0.2, 0) is 10.2 Å². The van der Waals surface area contributed by atoms with Crippen LogP contribution in [0.25, 0.3) is 17.7 Å². The number of ether oxygens (including phenoxy) is 1. The van der Waals surface area contributed by atoms with E-state index in [0.29, 0.717) is 5.56 Å². The summed E-state index contributed by atoms with van der Waals surface area (Å²) in [5.41, 5.74) is 7.12. The van der Waals surface area contributed by atoms with E-state index in [1.807, 2.05) is 12.1 Å². The molecule has 2 aromatic carbocycles. The van der Waals surface area contributed by atoms with Crippen molar-refractivity contribution in [2.45, 2.75) is 32.6 Å². The number of carbonyl (C=O) groups is 1. The predicted molar refractivity (Wildman–Crippen MR) is 104 cm³/mol. The fourth-order valence-corrected chi connectivity index (χ4v) is 3.25. The Kier molecular flexibility index (Phi) is 4.63. The summed E-state index contributed by atoms with van der Waals surface area (Å²) in [7, 11) is 1.39. The Morgan fingerprint density at radius 2 is 1.68 bits per heavy atom. The Labute approximate surface area is 149 Å². The molecular formula is C23H24O2. The van der Waals surface area contributed by atoms with Crippen molar-refractivity contribution in [1.29, 1.82) is 0 Å². The molecule has 0 saturated carbocycles. The van der Waals surface area contributed by atoms with Crippen LogP contribution in [0, 0.1) is 0 Å². The van der Waals surface area contributed by atoms with Gasteiger partial charge in [-0.1, -0.05) is 56.3 Å². The number of rotatable bonds is 3. The van der Waals surface area contributed by atoms with Crippen LogP contribution in [0.5, 0.6) is 0 Å². The lowest BCUT2D eigenvalue weighted by Crippen LogP contribution is -2.21. The molecule has 0 saturated heterocycles. The van der Waals surface area contributed by atoms with E-state index < -0.39 is 0 Å². The molecular weight excluding hydrogens is 308 g/mol. The summed E-state index contributed by atoms with van der Waals surface area (Å²) in [5, 5.41) is 0. The third-order valence-electron chi connectivity index (χ3n) is 4.92. The zero-order valence-electron chi connectivity index (χ0n) is 15.3. The van der Waals surface area contributed by atoms with E-state index in [9.17, 15) is 4.79 Å². The van der Waals surface area contributed by atoms with Crippen LogP contribution in [-0.4, -0.2) is 13.1 Å². The highest BCUT2D eigenvalue weighted by molar-refractivity contribution is 5.89. The Balaban J connectivity index is 1.84. The monoisotopic (exact) mass is 332 g/mol. The van der Waals surface area contributed by atoms with Gasteiger partial charge in [-0.2, -0.15) is 0 Å². The quantitative estimate of drug-likeness (QED) is 0.530. The highest BCUT2D eigenvalue weighted by Crippen LogP contribution is 2.39. The molecule has 1 aliphatic rings. The largest absolute Gasteiger partial charge is 0.465 e. The zero-order valence-corrected chi connectivity index (χ0v) is 15.3. The molecule has 128 valence electrons. The number of hydrogen-bond acceptors (Lipinski definition) is 2. The fraction of sp³-hybridized carbons (Fsp3) is 0.261. The number of methoxy groups -OCH3 is 1. The van der Waals surface area contributed by atoms with Crippen molar-refractivity contribution in [2.24, 2.45) is 0 Å². The van der Waals surface area contributed by atoms with Crippen LogP contribution in [0.3, 0.4) is 0 Å². The van der Waals surface area contributed by atoms with Crippen LogP contribution in [0.15, 0.2) is 48.5 Å². The number of esters is 1. The second kappa shape index (κ2) is 6.72. The van der Waals surface area contributed by atoms with E-state index in [4.69, 9.17) is 4.74 Å². The molecule has 0 spiro atoms. The van der Waals surface area contributed by atoms with Crippen molar-refractivity contribution in [3.05, 3.63) is 76.4 Å². The van der Waals surface area contributed by atoms with E-state index in [1.54, 1.807) is 12.1 Å². The van der Waals surface area contributed by atoms with Crippen LogP contribution < -0.4 is 0 Å². The average molecular weight is 332 g/mol. The van der Waals surface area contributed by atoms with E-state index in [2.05, 4.69) is 57.2 Å². The summed E-state index contributed by atoms with van der Waals surface area (Å²) in [5.74, 6) is -0.310. The van der Waals surface area contributed by atoms with Crippen LogP contribution >= 0.6 is 0 Å². The number of carbonyl (C=O) groups excluding carboxylic acids is 1. The first-order chi connectivity index (χ1) is 11.9. The Bertz CT molecular complexity index is 852. The molecule has 2 aromatic rings. The molecule has 2 nitrogen and oxygen atoms in total. The van der Waals surface area contributed by atoms with Gasteiger partial charge in [-0.05, 0) is 64.8 Å². The van der Waals surface area contributed by atoms with Gasteiger partial charge in [0, 0.05) is 0 Å². The zero-order chi connectivity index (χ0) is 18.0. The first-order valence-electron chi connectivity index (χ1n) is 8.59. The number of allylic oxidation sites excluding steroid dienone is 2. The second-order valence-electron chi connectivity index (χ2n) is 7.23. The molecule has 0 heterocycles. The van der Waals surface area contributed by atoms with Gasteiger partial charge in [0.2, 0.25) is 0 Å². The molecule has 1 aliphatic carbocycles. The predicted octanol–water partition coefficient (Wildman–Crippen LogP) is 5.73. The summed E-state index contributed by atoms with van der Waals surface area (Å²) < 4.78 is 4.72. The third kappa shape index (κ3) is 3.58. The first kappa shape index (κ1) is 17.2. The third-order valence-corrected chi connectivity index (χ3v) is 4.92. The van der Waals surface area contributed by atoms with Gasteiger partial charge < -0.3 is 4.74 Å². The molecule has 0 aliphatic heterocycles. The lowest BCUT2D eigenvalue weighted by atomic mass is 9.73. The highest BCUT2D eigenvalue weighted by Gasteiger charge is 2.26. The summed E-state index contributed by atoms with van der Waals surface area (Å²) in [6.07, 6.45) is 7.60. The van der Waals surface area contributed by atoms with Crippen LogP contribution in [0.2, 0.25) is 0 Å². The van der Waals surface area contributed by atoms with E-state index in [0.717, 1.165) is 12.0 Å². The van der Waals surface area contributed by atoms with Crippen molar-refractivity contribution in [2.75, 3.05) is 7.11 Å². The Hall–Kier alpha value is -2.61.